The van der Waals surface area contributed by atoms with E-state index in [2.05, 4.69) is 69.6 Å². The van der Waals surface area contributed by atoms with Crippen molar-refractivity contribution in [3.8, 4) is 11.5 Å². The Morgan fingerprint density at radius 1 is 0.610 bits per heavy atom. The zero-order chi connectivity index (χ0) is 27.5. The summed E-state index contributed by atoms with van der Waals surface area (Å²) in [5, 5.41) is 0. The summed E-state index contributed by atoms with van der Waals surface area (Å²) in [5.74, 6) is 3.57. The minimum atomic E-state index is -2.47. The Bertz CT molecular complexity index is 1130. The molecule has 8 rings (SSSR count). The topological polar surface area (TPSA) is 43.4 Å². The maximum absolute atomic E-state index is 6.66. The van der Waals surface area contributed by atoms with E-state index in [0.29, 0.717) is 36.4 Å². The van der Waals surface area contributed by atoms with E-state index in [4.69, 9.17) is 14.1 Å². The van der Waals surface area contributed by atoms with Crippen LogP contribution in [0.1, 0.15) is 78.1 Å². The summed E-state index contributed by atoms with van der Waals surface area (Å²) in [7, 11) is 0. The van der Waals surface area contributed by atoms with Gasteiger partial charge >= 0.3 is 264 Å². The Balaban J connectivity index is 0.888. The Labute approximate surface area is 262 Å². The molecule has 216 valence electrons. The predicted molar refractivity (Wildman–Crippen MR) is 163 cm³/mol. The van der Waals surface area contributed by atoms with Crippen LogP contribution < -0.4 is 7.06 Å². The first-order valence-electron chi connectivity index (χ1n) is 16.2. The summed E-state index contributed by atoms with van der Waals surface area (Å²) in [5.41, 5.74) is 0. The van der Waals surface area contributed by atoms with Crippen molar-refractivity contribution in [1.82, 2.24) is 7.21 Å². The Kier molecular flexibility index (Phi) is 8.05. The van der Waals surface area contributed by atoms with E-state index >= 15 is 0 Å². The monoisotopic (exact) mass is 688 g/mol. The van der Waals surface area contributed by atoms with Crippen molar-refractivity contribution in [1.29, 1.82) is 0 Å². The van der Waals surface area contributed by atoms with Crippen LogP contribution >= 0.6 is 11.8 Å². The minimum absolute atomic E-state index is 0.413. The molecule has 2 saturated carbocycles. The van der Waals surface area contributed by atoms with Crippen molar-refractivity contribution in [3.63, 3.8) is 0 Å². The molecule has 4 saturated heterocycles. The van der Waals surface area contributed by atoms with Crippen molar-refractivity contribution in [2.75, 3.05) is 0 Å². The van der Waals surface area contributed by atoms with E-state index in [1.54, 1.807) is 11.8 Å². The molecule has 0 N–H and O–H groups in total. The van der Waals surface area contributed by atoms with Crippen molar-refractivity contribution < 1.29 is 14.1 Å². The number of hydrogen-bond acceptors (Lipinski definition) is 7. The molecule has 4 heterocycles. The van der Waals surface area contributed by atoms with E-state index in [1.165, 1.54) is 74.0 Å². The maximum atomic E-state index is 6.66. The van der Waals surface area contributed by atoms with E-state index in [9.17, 15) is 0 Å². The second-order valence-corrected chi connectivity index (χ2v) is 21.7. The summed E-state index contributed by atoms with van der Waals surface area (Å²) in [6.07, 6.45) is 13.9. The van der Waals surface area contributed by atoms with Gasteiger partial charge in [-0.15, -0.1) is 0 Å². The van der Waals surface area contributed by atoms with E-state index in [1.807, 2.05) is 0 Å². The predicted octanol–water partition coefficient (Wildman–Crippen LogP) is 6.67. The molecule has 6 aliphatic rings. The Morgan fingerprint density at radius 2 is 1.05 bits per heavy atom. The van der Waals surface area contributed by atoms with Crippen LogP contribution in [-0.4, -0.2) is 78.0 Å². The van der Waals surface area contributed by atoms with E-state index in [0.717, 1.165) is 23.3 Å². The first kappa shape index (κ1) is 28.0. The second-order valence-electron chi connectivity index (χ2n) is 13.4. The van der Waals surface area contributed by atoms with Gasteiger partial charge in [-0.3, -0.25) is 0 Å². The zero-order valence-electron chi connectivity index (χ0n) is 24.4. The summed E-state index contributed by atoms with van der Waals surface area (Å²) >= 11 is -3.16. The fourth-order valence-corrected chi connectivity index (χ4v) is 20.6. The van der Waals surface area contributed by atoms with Crippen molar-refractivity contribution in [3.05, 3.63) is 48.5 Å². The molecule has 0 radical (unpaired) electrons. The van der Waals surface area contributed by atoms with Crippen LogP contribution in [0.4, 0.5) is 0 Å². The molecule has 4 aliphatic heterocycles. The summed E-state index contributed by atoms with van der Waals surface area (Å²) < 4.78 is 32.0. The normalized spacial score (nSPS) is 36.6. The zero-order valence-corrected chi connectivity index (χ0v) is 30.1. The standard InChI is InChI=1S/C12H10O2S.2C10H17NO.2Ga/c13-9-1-5-11(6-2-9)15-12-7-3-10(14)4-8-12;2*1-7-5-6-8-3-2-4-9(12)10(8)11-7;;/h1-8,13-14H;2*7-10H,2-6H2,1H3;;/q;2*-2;2*+3/p-2. The molecule has 0 bridgehead atoms. The van der Waals surface area contributed by atoms with Gasteiger partial charge in [-0.05, 0) is 0 Å². The molecule has 9 heteroatoms. The quantitative estimate of drug-likeness (QED) is 0.314. The fourth-order valence-electron chi connectivity index (χ4n) is 8.90. The van der Waals surface area contributed by atoms with Gasteiger partial charge < -0.3 is 0 Å². The van der Waals surface area contributed by atoms with Crippen LogP contribution in [0, 0.1) is 11.8 Å². The molecule has 0 aromatic heterocycles. The van der Waals surface area contributed by atoms with Gasteiger partial charge in [-0.1, -0.05) is 0 Å². The first-order chi connectivity index (χ1) is 20.1. The molecule has 41 heavy (non-hydrogen) atoms. The van der Waals surface area contributed by atoms with Crippen LogP contribution in [-0.2, 0) is 7.06 Å². The van der Waals surface area contributed by atoms with Crippen LogP contribution in [0.15, 0.2) is 58.3 Å². The molecule has 0 amide bonds. The molecule has 8 atom stereocenters. The van der Waals surface area contributed by atoms with Gasteiger partial charge in [-0.25, -0.2) is 0 Å². The van der Waals surface area contributed by atoms with Crippen LogP contribution in [0.5, 0.6) is 11.5 Å². The first-order valence-corrected chi connectivity index (χ1v) is 23.1. The van der Waals surface area contributed by atoms with E-state index in [-0.39, 0.29) is 0 Å². The van der Waals surface area contributed by atoms with Gasteiger partial charge in [0, 0.05) is 0 Å². The number of rotatable bonds is 6. The third-order valence-electron chi connectivity index (χ3n) is 10.9. The van der Waals surface area contributed by atoms with E-state index < -0.39 is 34.4 Å². The van der Waals surface area contributed by atoms with Crippen molar-refractivity contribution in [2.24, 2.45) is 11.8 Å². The van der Waals surface area contributed by atoms with Gasteiger partial charge in [0.25, 0.3) is 0 Å². The molecular weight excluding hydrogens is 648 g/mol. The SMILES string of the molecule is CC1CCC2CCCC3[O][Ga]([O]c4ccc(Sc5ccc([O][Ga]6[O]C7CCCC8CCC(C)[N]6C87)cc5)cc4)[N]1C23. The van der Waals surface area contributed by atoms with Gasteiger partial charge in [0.05, 0.1) is 0 Å². The summed E-state index contributed by atoms with van der Waals surface area (Å²) in [6.45, 7) is 4.77. The number of nitrogens with zero attached hydrogens (tertiary/aromatic N) is 2. The van der Waals surface area contributed by atoms with Crippen LogP contribution in [0.2, 0.25) is 0 Å². The van der Waals surface area contributed by atoms with Crippen molar-refractivity contribution >= 4 is 46.1 Å². The molecule has 0 spiro atoms. The Morgan fingerprint density at radius 3 is 1.49 bits per heavy atom. The number of piperidine rings is 2. The second kappa shape index (κ2) is 11.8. The average molecular weight is 690 g/mol. The third-order valence-corrected chi connectivity index (χ3v) is 22.0. The van der Waals surface area contributed by atoms with Gasteiger partial charge in [-0.2, -0.15) is 0 Å². The molecule has 6 nitrogen and oxygen atoms in total. The van der Waals surface area contributed by atoms with Crippen LogP contribution in [0.25, 0.3) is 0 Å². The molecule has 2 aromatic rings. The fraction of sp³-hybridized carbons (Fsp3) is 0.625. The average Bonchev–Trinajstić information content (AvgIpc) is 3.55. The summed E-state index contributed by atoms with van der Waals surface area (Å²) in [4.78, 5) is 2.44. The van der Waals surface area contributed by atoms with Crippen molar-refractivity contribution in [2.45, 2.75) is 124 Å². The van der Waals surface area contributed by atoms with Crippen LogP contribution in [0.3, 0.4) is 0 Å². The number of benzene rings is 2. The molecule has 6 fully saturated rings. The van der Waals surface area contributed by atoms with Gasteiger partial charge in [0.1, 0.15) is 0 Å². The summed E-state index contributed by atoms with van der Waals surface area (Å²) in [6, 6.07) is 19.7. The van der Waals surface area contributed by atoms with Gasteiger partial charge in [0.2, 0.25) is 0 Å². The Hall–Kier alpha value is -0.497. The molecule has 8 unspecified atom stereocenters. The third kappa shape index (κ3) is 5.39. The molecule has 2 aliphatic carbocycles. The molecule has 2 aromatic carbocycles. The van der Waals surface area contributed by atoms with Gasteiger partial charge in [0.15, 0.2) is 0 Å². The molecular formula is C32H42Ga2N2O4S. The number of hydrogen-bond donors (Lipinski definition) is 0.